The lowest BCUT2D eigenvalue weighted by Gasteiger charge is -2.26. The number of halogens is 1. The molecule has 4 heteroatoms. The highest BCUT2D eigenvalue weighted by Gasteiger charge is 2.24. The smallest absolute Gasteiger partial charge is 0.328 e. The van der Waals surface area contributed by atoms with Crippen LogP contribution in [0.4, 0.5) is 5.69 Å². The first-order valence-electron chi connectivity index (χ1n) is 7.33. The van der Waals surface area contributed by atoms with E-state index >= 15 is 0 Å². The van der Waals surface area contributed by atoms with Crippen molar-refractivity contribution in [3.05, 3.63) is 34.9 Å². The number of hydrogen-bond donors (Lipinski definition) is 1. The summed E-state index contributed by atoms with van der Waals surface area (Å²) >= 11 is 6.26. The van der Waals surface area contributed by atoms with Gasteiger partial charge in [0.05, 0.1) is 0 Å². The summed E-state index contributed by atoms with van der Waals surface area (Å²) in [5, 5.41) is 9.43. The normalized spacial score (nSPS) is 18.7. The van der Waals surface area contributed by atoms with Crippen LogP contribution in [0.1, 0.15) is 38.7 Å². The van der Waals surface area contributed by atoms with E-state index < -0.39 is 5.97 Å². The first kappa shape index (κ1) is 15.9. The minimum atomic E-state index is -0.960. The van der Waals surface area contributed by atoms with Gasteiger partial charge in [0.25, 0.3) is 0 Å². The number of aliphatic carboxylic acids is 1. The maximum absolute atomic E-state index is 10.8. The van der Waals surface area contributed by atoms with Crippen LogP contribution in [0, 0.1) is 5.41 Å². The molecule has 0 unspecified atom stereocenters. The van der Waals surface area contributed by atoms with Gasteiger partial charge in [0.15, 0.2) is 0 Å². The summed E-state index contributed by atoms with van der Waals surface area (Å²) in [5.41, 5.74) is 2.18. The Bertz CT molecular complexity index is 552. The van der Waals surface area contributed by atoms with E-state index in [1.807, 2.05) is 12.1 Å². The molecule has 0 amide bonds. The molecule has 0 spiro atoms. The zero-order chi connectivity index (χ0) is 15.5. The van der Waals surface area contributed by atoms with Crippen molar-refractivity contribution in [1.82, 2.24) is 0 Å². The molecule has 0 aromatic heterocycles. The molecule has 1 saturated heterocycles. The number of carboxylic acid groups (broad SMARTS) is 1. The third kappa shape index (κ3) is 4.24. The highest BCUT2D eigenvalue weighted by atomic mass is 35.5. The Morgan fingerprint density at radius 2 is 2.10 bits per heavy atom. The molecule has 1 N–H and O–H groups in total. The fourth-order valence-corrected chi connectivity index (χ4v) is 3.02. The zero-order valence-electron chi connectivity index (χ0n) is 12.6. The van der Waals surface area contributed by atoms with Crippen molar-refractivity contribution in [1.29, 1.82) is 0 Å². The summed E-state index contributed by atoms with van der Waals surface area (Å²) < 4.78 is 0. The minimum Gasteiger partial charge on any atom is -0.478 e. The Morgan fingerprint density at radius 1 is 1.33 bits per heavy atom. The van der Waals surface area contributed by atoms with E-state index in [4.69, 9.17) is 16.7 Å². The topological polar surface area (TPSA) is 40.5 Å². The molecule has 3 nitrogen and oxygen atoms in total. The Kier molecular flexibility index (Phi) is 4.94. The molecule has 0 bridgehead atoms. The van der Waals surface area contributed by atoms with Crippen LogP contribution in [0.15, 0.2) is 24.3 Å². The summed E-state index contributed by atoms with van der Waals surface area (Å²) in [6, 6.07) is 5.74. The summed E-state index contributed by atoms with van der Waals surface area (Å²) in [6.07, 6.45) is 6.22. The third-order valence-electron chi connectivity index (χ3n) is 4.10. The van der Waals surface area contributed by atoms with Gasteiger partial charge in [-0.1, -0.05) is 31.5 Å². The third-order valence-corrected chi connectivity index (χ3v) is 4.43. The van der Waals surface area contributed by atoms with Crippen LogP contribution in [0.5, 0.6) is 0 Å². The maximum atomic E-state index is 10.8. The van der Waals surface area contributed by atoms with Gasteiger partial charge in [-0.25, -0.2) is 4.79 Å². The van der Waals surface area contributed by atoms with Crippen LogP contribution in [0.25, 0.3) is 6.08 Å². The monoisotopic (exact) mass is 307 g/mol. The summed E-state index contributed by atoms with van der Waals surface area (Å²) in [6.45, 7) is 6.57. The molecule has 1 aliphatic heterocycles. The van der Waals surface area contributed by atoms with Crippen molar-refractivity contribution in [3.8, 4) is 0 Å². The Labute approximate surface area is 131 Å². The summed E-state index contributed by atoms with van der Waals surface area (Å²) in [4.78, 5) is 13.1. The number of carbonyl (C=O) groups is 1. The second-order valence-corrected chi connectivity index (χ2v) is 6.76. The number of benzene rings is 1. The summed E-state index contributed by atoms with van der Waals surface area (Å²) in [5.74, 6) is -0.960. The molecule has 0 saturated carbocycles. The molecule has 114 valence electrons. The molecule has 0 aliphatic carbocycles. The molecule has 0 radical (unpaired) electrons. The van der Waals surface area contributed by atoms with Crippen LogP contribution < -0.4 is 4.90 Å². The van der Waals surface area contributed by atoms with E-state index in [1.54, 1.807) is 12.1 Å². The highest BCUT2D eigenvalue weighted by molar-refractivity contribution is 6.32. The number of nitrogens with zero attached hydrogens (tertiary/aromatic N) is 1. The molecular formula is C17H22ClNO2. The average molecular weight is 308 g/mol. The average Bonchev–Trinajstić information content (AvgIpc) is 2.58. The maximum Gasteiger partial charge on any atom is 0.328 e. The van der Waals surface area contributed by atoms with Gasteiger partial charge in [-0.05, 0) is 42.9 Å². The van der Waals surface area contributed by atoms with Crippen molar-refractivity contribution in [2.75, 3.05) is 18.0 Å². The Balaban J connectivity index is 2.30. The predicted octanol–water partition coefficient (Wildman–Crippen LogP) is 4.45. The van der Waals surface area contributed by atoms with Crippen molar-refractivity contribution in [3.63, 3.8) is 0 Å². The lowest BCUT2D eigenvalue weighted by Crippen LogP contribution is -2.25. The fraction of sp³-hybridized carbons (Fsp3) is 0.471. The second-order valence-electron chi connectivity index (χ2n) is 6.35. The van der Waals surface area contributed by atoms with E-state index in [2.05, 4.69) is 18.7 Å². The largest absolute Gasteiger partial charge is 0.478 e. The standard InChI is InChI=1S/C17H22ClNO2/c1-17(2)9-4-11-19(12-10-17)15-6-3-5-14(18)13(15)7-8-16(20)21/h3,5-8H,4,9-12H2,1-2H3,(H,20,21). The van der Waals surface area contributed by atoms with E-state index in [1.165, 1.54) is 6.42 Å². The molecule has 0 atom stereocenters. The van der Waals surface area contributed by atoms with Gasteiger partial charge in [0, 0.05) is 35.4 Å². The van der Waals surface area contributed by atoms with E-state index in [9.17, 15) is 4.79 Å². The van der Waals surface area contributed by atoms with Gasteiger partial charge >= 0.3 is 5.97 Å². The van der Waals surface area contributed by atoms with Crippen LogP contribution in [0.2, 0.25) is 5.02 Å². The van der Waals surface area contributed by atoms with E-state index in [0.29, 0.717) is 10.4 Å². The predicted molar refractivity (Wildman–Crippen MR) is 88.0 cm³/mol. The number of rotatable bonds is 3. The lowest BCUT2D eigenvalue weighted by atomic mass is 9.85. The van der Waals surface area contributed by atoms with Crippen LogP contribution in [-0.2, 0) is 4.79 Å². The van der Waals surface area contributed by atoms with E-state index in [-0.39, 0.29) is 0 Å². The van der Waals surface area contributed by atoms with E-state index in [0.717, 1.165) is 43.3 Å². The highest BCUT2D eigenvalue weighted by Crippen LogP contribution is 2.35. The molecule has 1 aromatic carbocycles. The minimum absolute atomic E-state index is 0.365. The lowest BCUT2D eigenvalue weighted by molar-refractivity contribution is -0.131. The first-order chi connectivity index (χ1) is 9.89. The van der Waals surface area contributed by atoms with Gasteiger partial charge in [-0.15, -0.1) is 0 Å². The molecular weight excluding hydrogens is 286 g/mol. The second kappa shape index (κ2) is 6.52. The fourth-order valence-electron chi connectivity index (χ4n) is 2.78. The van der Waals surface area contributed by atoms with Crippen molar-refractivity contribution in [2.24, 2.45) is 5.41 Å². The van der Waals surface area contributed by atoms with Gasteiger partial charge < -0.3 is 10.0 Å². The molecule has 1 fully saturated rings. The molecule has 1 aliphatic rings. The van der Waals surface area contributed by atoms with Crippen molar-refractivity contribution >= 4 is 29.3 Å². The molecule has 2 rings (SSSR count). The number of carboxylic acids is 1. The van der Waals surface area contributed by atoms with Gasteiger partial charge in [0.2, 0.25) is 0 Å². The zero-order valence-corrected chi connectivity index (χ0v) is 13.4. The van der Waals surface area contributed by atoms with Crippen LogP contribution >= 0.6 is 11.6 Å². The quantitative estimate of drug-likeness (QED) is 0.838. The van der Waals surface area contributed by atoms with Gasteiger partial charge in [-0.2, -0.15) is 0 Å². The molecule has 21 heavy (non-hydrogen) atoms. The summed E-state index contributed by atoms with van der Waals surface area (Å²) in [7, 11) is 0. The van der Waals surface area contributed by atoms with Crippen LogP contribution in [0.3, 0.4) is 0 Å². The van der Waals surface area contributed by atoms with Crippen molar-refractivity contribution in [2.45, 2.75) is 33.1 Å². The van der Waals surface area contributed by atoms with Crippen LogP contribution in [-0.4, -0.2) is 24.2 Å². The number of hydrogen-bond acceptors (Lipinski definition) is 2. The Morgan fingerprint density at radius 3 is 2.81 bits per heavy atom. The molecule has 1 aromatic rings. The van der Waals surface area contributed by atoms with Gasteiger partial charge in [0.1, 0.15) is 0 Å². The van der Waals surface area contributed by atoms with Crippen molar-refractivity contribution < 1.29 is 9.90 Å². The Hall–Kier alpha value is -1.48. The van der Waals surface area contributed by atoms with Gasteiger partial charge in [-0.3, -0.25) is 0 Å². The molecule has 1 heterocycles. The SMILES string of the molecule is CC1(C)CCCN(c2cccc(Cl)c2C=CC(=O)O)CC1. The first-order valence-corrected chi connectivity index (χ1v) is 7.71. The number of anilines is 1.